The van der Waals surface area contributed by atoms with Crippen LogP contribution in [0.25, 0.3) is 0 Å². The van der Waals surface area contributed by atoms with Crippen molar-refractivity contribution >= 4 is 11.9 Å². The number of carbonyl (C=O) groups is 2. The third-order valence-electron chi connectivity index (χ3n) is 4.35. The highest BCUT2D eigenvalue weighted by Gasteiger charge is 2.32. The van der Waals surface area contributed by atoms with Crippen molar-refractivity contribution < 1.29 is 14.3 Å². The number of rotatable bonds is 5. The van der Waals surface area contributed by atoms with Crippen molar-refractivity contribution in [2.45, 2.75) is 19.6 Å². The number of nitrogens with zero attached hydrogens (tertiary/aromatic N) is 1. The summed E-state index contributed by atoms with van der Waals surface area (Å²) >= 11 is 0. The first-order valence-corrected chi connectivity index (χ1v) is 8.72. The first-order chi connectivity index (χ1) is 13.0. The fourth-order valence-electron chi connectivity index (χ4n) is 2.99. The third-order valence-corrected chi connectivity index (χ3v) is 4.35. The highest BCUT2D eigenvalue weighted by atomic mass is 16.5. The van der Waals surface area contributed by atoms with Crippen molar-refractivity contribution in [3.63, 3.8) is 0 Å². The summed E-state index contributed by atoms with van der Waals surface area (Å²) in [7, 11) is 3.38. The molecule has 1 aliphatic heterocycles. The fraction of sp³-hybridized carbons (Fsp3) is 0.238. The minimum absolute atomic E-state index is 0.152. The van der Waals surface area contributed by atoms with Crippen LogP contribution in [0.5, 0.6) is 5.75 Å². The number of allylic oxidation sites excluding steroid dienone is 1. The largest absolute Gasteiger partial charge is 0.489 e. The maximum Gasteiger partial charge on any atom is 0.319 e. The van der Waals surface area contributed by atoms with Crippen LogP contribution in [0, 0.1) is 0 Å². The molecule has 0 spiro atoms. The topological polar surface area (TPSA) is 70.7 Å². The summed E-state index contributed by atoms with van der Waals surface area (Å²) in [5.74, 6) is 0.527. The molecule has 6 heteroatoms. The van der Waals surface area contributed by atoms with Crippen molar-refractivity contribution in [2.24, 2.45) is 0 Å². The van der Waals surface area contributed by atoms with Gasteiger partial charge in [-0.25, -0.2) is 4.79 Å². The average Bonchev–Trinajstić information content (AvgIpc) is 2.66. The number of benzene rings is 2. The third kappa shape index (κ3) is 4.28. The molecule has 140 valence electrons. The van der Waals surface area contributed by atoms with Gasteiger partial charge in [-0.3, -0.25) is 4.79 Å². The number of ether oxygens (including phenoxy) is 1. The molecule has 1 aliphatic rings. The van der Waals surface area contributed by atoms with Gasteiger partial charge >= 0.3 is 6.03 Å². The van der Waals surface area contributed by atoms with E-state index < -0.39 is 6.04 Å². The molecule has 0 radical (unpaired) electrons. The Morgan fingerprint density at radius 3 is 2.56 bits per heavy atom. The molecule has 0 unspecified atom stereocenters. The number of amides is 3. The Morgan fingerprint density at radius 2 is 1.85 bits per heavy atom. The molecule has 0 saturated heterocycles. The summed E-state index contributed by atoms with van der Waals surface area (Å²) in [5.41, 5.74) is 2.93. The lowest BCUT2D eigenvalue weighted by atomic mass is 9.94. The first kappa shape index (κ1) is 18.5. The van der Waals surface area contributed by atoms with Crippen molar-refractivity contribution in [1.82, 2.24) is 15.5 Å². The van der Waals surface area contributed by atoms with Gasteiger partial charge in [-0.1, -0.05) is 42.5 Å². The molecule has 3 rings (SSSR count). The molecule has 0 saturated carbocycles. The standard InChI is InChI=1S/C21H23N3O3/c1-14-18(20(25)24(2)3)19(23-21(26)22-14)16-10-7-11-17(12-16)27-13-15-8-5-4-6-9-15/h4-12,19H,13H2,1-3H3,(H2,22,23,26)/t19-/m1/s1. The van der Waals surface area contributed by atoms with E-state index in [1.54, 1.807) is 21.0 Å². The van der Waals surface area contributed by atoms with Crippen LogP contribution < -0.4 is 15.4 Å². The molecule has 6 nitrogen and oxygen atoms in total. The molecule has 0 aromatic heterocycles. The van der Waals surface area contributed by atoms with E-state index in [-0.39, 0.29) is 11.9 Å². The fourth-order valence-corrected chi connectivity index (χ4v) is 2.99. The number of carbonyl (C=O) groups excluding carboxylic acids is 2. The van der Waals surface area contributed by atoms with Crippen LogP contribution in [0.1, 0.15) is 24.1 Å². The van der Waals surface area contributed by atoms with Gasteiger partial charge in [0.15, 0.2) is 0 Å². The Labute approximate surface area is 158 Å². The van der Waals surface area contributed by atoms with Crippen molar-refractivity contribution in [3.05, 3.63) is 77.0 Å². The lowest BCUT2D eigenvalue weighted by molar-refractivity contribution is -0.125. The van der Waals surface area contributed by atoms with Crippen LogP contribution in [-0.2, 0) is 11.4 Å². The van der Waals surface area contributed by atoms with Gasteiger partial charge in [0.1, 0.15) is 12.4 Å². The summed E-state index contributed by atoms with van der Waals surface area (Å²) in [6.45, 7) is 2.18. The number of likely N-dealkylation sites (N-methyl/N-ethyl adjacent to an activating group) is 1. The molecule has 0 fully saturated rings. The molecule has 27 heavy (non-hydrogen) atoms. The Kier molecular flexibility index (Phi) is 5.45. The summed E-state index contributed by atoms with van der Waals surface area (Å²) in [4.78, 5) is 26.1. The molecular formula is C21H23N3O3. The molecule has 0 aliphatic carbocycles. The van der Waals surface area contributed by atoms with Crippen LogP contribution in [-0.4, -0.2) is 30.9 Å². The average molecular weight is 365 g/mol. The predicted octanol–water partition coefficient (Wildman–Crippen LogP) is 2.98. The van der Waals surface area contributed by atoms with E-state index in [4.69, 9.17) is 4.74 Å². The summed E-state index contributed by atoms with van der Waals surface area (Å²) in [6, 6.07) is 16.5. The van der Waals surface area contributed by atoms with Gasteiger partial charge in [0.2, 0.25) is 0 Å². The van der Waals surface area contributed by atoms with Gasteiger partial charge in [0, 0.05) is 19.8 Å². The van der Waals surface area contributed by atoms with Crippen molar-refractivity contribution in [3.8, 4) is 5.75 Å². The monoisotopic (exact) mass is 365 g/mol. The minimum Gasteiger partial charge on any atom is -0.489 e. The number of nitrogens with one attached hydrogen (secondary N) is 2. The summed E-state index contributed by atoms with van der Waals surface area (Å²) in [6.07, 6.45) is 0. The molecule has 1 heterocycles. The zero-order valence-corrected chi connectivity index (χ0v) is 15.7. The van der Waals surface area contributed by atoms with Gasteiger partial charge in [-0.05, 0) is 30.2 Å². The molecule has 0 bridgehead atoms. The SMILES string of the molecule is CC1=C(C(=O)N(C)C)[C@@H](c2cccc(OCc3ccccc3)c2)NC(=O)N1. The Bertz CT molecular complexity index is 875. The Balaban J connectivity index is 1.86. The van der Waals surface area contributed by atoms with Gasteiger partial charge in [0.05, 0.1) is 11.6 Å². The molecular weight excluding hydrogens is 342 g/mol. The maximum absolute atomic E-state index is 12.6. The van der Waals surface area contributed by atoms with Crippen LogP contribution >= 0.6 is 0 Å². The second-order valence-electron chi connectivity index (χ2n) is 6.62. The highest BCUT2D eigenvalue weighted by molar-refractivity contribution is 5.98. The predicted molar refractivity (Wildman–Crippen MR) is 103 cm³/mol. The van der Waals surface area contributed by atoms with Crippen molar-refractivity contribution in [2.75, 3.05) is 14.1 Å². The lowest BCUT2D eigenvalue weighted by Crippen LogP contribution is -2.46. The lowest BCUT2D eigenvalue weighted by Gasteiger charge is -2.30. The van der Waals surface area contributed by atoms with E-state index >= 15 is 0 Å². The molecule has 2 N–H and O–H groups in total. The normalized spacial score (nSPS) is 16.4. The number of hydrogen-bond acceptors (Lipinski definition) is 3. The quantitative estimate of drug-likeness (QED) is 0.856. The second kappa shape index (κ2) is 7.95. The number of hydrogen-bond donors (Lipinski definition) is 2. The molecule has 2 aromatic carbocycles. The van der Waals surface area contributed by atoms with Gasteiger partial charge < -0.3 is 20.3 Å². The highest BCUT2D eigenvalue weighted by Crippen LogP contribution is 2.30. The smallest absolute Gasteiger partial charge is 0.319 e. The maximum atomic E-state index is 12.6. The van der Waals surface area contributed by atoms with Crippen LogP contribution in [0.15, 0.2) is 65.9 Å². The van der Waals surface area contributed by atoms with E-state index in [1.807, 2.05) is 54.6 Å². The van der Waals surface area contributed by atoms with E-state index in [0.717, 1.165) is 11.1 Å². The van der Waals surface area contributed by atoms with E-state index in [2.05, 4.69) is 10.6 Å². The number of urea groups is 1. The van der Waals surface area contributed by atoms with Crippen LogP contribution in [0.4, 0.5) is 4.79 Å². The minimum atomic E-state index is -0.533. The zero-order chi connectivity index (χ0) is 19.4. The van der Waals surface area contributed by atoms with E-state index in [1.165, 1.54) is 4.90 Å². The molecule has 3 amide bonds. The first-order valence-electron chi connectivity index (χ1n) is 8.72. The molecule has 1 atom stereocenters. The second-order valence-corrected chi connectivity index (χ2v) is 6.62. The van der Waals surface area contributed by atoms with Gasteiger partial charge in [-0.15, -0.1) is 0 Å². The van der Waals surface area contributed by atoms with Gasteiger partial charge in [0.25, 0.3) is 5.91 Å². The van der Waals surface area contributed by atoms with Gasteiger partial charge in [-0.2, -0.15) is 0 Å². The zero-order valence-electron chi connectivity index (χ0n) is 15.7. The Morgan fingerprint density at radius 1 is 1.11 bits per heavy atom. The summed E-state index contributed by atoms with van der Waals surface area (Å²) < 4.78 is 5.88. The van der Waals surface area contributed by atoms with E-state index in [9.17, 15) is 9.59 Å². The van der Waals surface area contributed by atoms with Crippen molar-refractivity contribution in [1.29, 1.82) is 0 Å². The summed E-state index contributed by atoms with van der Waals surface area (Å²) in [5, 5.41) is 5.52. The van der Waals surface area contributed by atoms with Crippen LogP contribution in [0.2, 0.25) is 0 Å². The van der Waals surface area contributed by atoms with E-state index in [0.29, 0.717) is 23.6 Å². The van der Waals surface area contributed by atoms with Crippen LogP contribution in [0.3, 0.4) is 0 Å². The Hall–Kier alpha value is -3.28. The molecule has 2 aromatic rings.